The molecule has 0 aromatic heterocycles. The summed E-state index contributed by atoms with van der Waals surface area (Å²) in [5, 5.41) is 23.7. The van der Waals surface area contributed by atoms with Crippen molar-refractivity contribution >= 4 is 53.0 Å². The Morgan fingerprint density at radius 2 is 0.547 bits per heavy atom. The van der Waals surface area contributed by atoms with Gasteiger partial charge in [-0.05, 0) is 118 Å². The van der Waals surface area contributed by atoms with Crippen molar-refractivity contribution in [3.05, 3.63) is 12.2 Å². The molecule has 0 saturated carbocycles. The third-order valence-corrected chi connectivity index (χ3v) is 16.0. The molecular formula is C75H140N8O12. The zero-order chi connectivity index (χ0) is 71.1. The molecule has 0 aliphatic carbocycles. The van der Waals surface area contributed by atoms with Crippen LogP contribution >= 0.6 is 0 Å². The lowest BCUT2D eigenvalue weighted by atomic mass is 9.89. The van der Waals surface area contributed by atoms with Crippen LogP contribution in [0.3, 0.4) is 0 Å². The van der Waals surface area contributed by atoms with Gasteiger partial charge < -0.3 is 56.7 Å². The van der Waals surface area contributed by atoms with Crippen molar-refractivity contribution in [1.82, 2.24) is 42.5 Å². The number of ether oxygens (including phenoxy) is 3. The van der Waals surface area contributed by atoms with E-state index >= 15 is 0 Å². The van der Waals surface area contributed by atoms with E-state index in [0.29, 0.717) is 110 Å². The van der Waals surface area contributed by atoms with Crippen molar-refractivity contribution in [1.29, 1.82) is 0 Å². The normalized spacial score (nSPS) is 12.1. The molecule has 0 aromatic carbocycles. The topological polar surface area (TPSA) is 278 Å². The number of amides is 8. The molecule has 0 aromatic rings. The van der Waals surface area contributed by atoms with E-state index in [4.69, 9.17) is 14.2 Å². The summed E-state index contributed by atoms with van der Waals surface area (Å²) in [4.78, 5) is 114. The highest BCUT2D eigenvalue weighted by atomic mass is 16.5. The van der Waals surface area contributed by atoms with E-state index in [1.807, 2.05) is 6.08 Å². The first-order chi connectivity index (χ1) is 44.9. The second-order valence-electron chi connectivity index (χ2n) is 31.1. The molecule has 8 N–H and O–H groups in total. The van der Waals surface area contributed by atoms with Gasteiger partial charge in [-0.25, -0.2) is 0 Å². The predicted molar refractivity (Wildman–Crippen MR) is 383 cm³/mol. The van der Waals surface area contributed by atoms with Gasteiger partial charge in [0.1, 0.15) is 11.3 Å². The average Bonchev–Trinajstić information content (AvgIpc) is 1.17. The van der Waals surface area contributed by atoms with Crippen LogP contribution in [-0.2, 0) is 57.4 Å². The predicted octanol–water partition coefficient (Wildman–Crippen LogP) is 12.3. The third kappa shape index (κ3) is 64.8. The smallest absolute Gasteiger partial charge is 0.243 e. The summed E-state index contributed by atoms with van der Waals surface area (Å²) in [6.45, 7) is 29.1. The summed E-state index contributed by atoms with van der Waals surface area (Å²) >= 11 is 0. The first-order valence-corrected chi connectivity index (χ1v) is 37.0. The zero-order valence-corrected chi connectivity index (χ0v) is 62.3. The highest BCUT2D eigenvalue weighted by molar-refractivity contribution is 5.87. The average molecular weight is 1350 g/mol. The molecule has 95 heavy (non-hydrogen) atoms. The monoisotopic (exact) mass is 1350 g/mol. The van der Waals surface area contributed by atoms with Crippen LogP contribution in [0.1, 0.15) is 301 Å². The van der Waals surface area contributed by atoms with Crippen molar-refractivity contribution in [2.75, 3.05) is 85.5 Å². The van der Waals surface area contributed by atoms with Crippen LogP contribution in [0, 0.1) is 21.7 Å². The van der Waals surface area contributed by atoms with Gasteiger partial charge >= 0.3 is 0 Å². The molecule has 0 radical (unpaired) electrons. The summed E-state index contributed by atoms with van der Waals surface area (Å²) in [6.07, 6.45) is 28.9. The minimum Gasteiger partial charge on any atom is -0.378 e. The van der Waals surface area contributed by atoms with Crippen molar-refractivity contribution < 1.29 is 57.4 Å². The molecule has 20 nitrogen and oxygen atoms in total. The van der Waals surface area contributed by atoms with E-state index in [9.17, 15) is 43.2 Å². The quantitative estimate of drug-likeness (QED) is 0.0209. The van der Waals surface area contributed by atoms with Gasteiger partial charge in [0, 0.05) is 104 Å². The maximum atomic E-state index is 13.9. The number of rotatable bonds is 60. The van der Waals surface area contributed by atoms with Gasteiger partial charge in [-0.15, -0.1) is 0 Å². The highest BCUT2D eigenvalue weighted by Gasteiger charge is 2.34. The Kier molecular flexibility index (Phi) is 52.1. The minimum absolute atomic E-state index is 0.00656. The second-order valence-corrected chi connectivity index (χ2v) is 31.1. The lowest BCUT2D eigenvalue weighted by Gasteiger charge is -2.34. The molecule has 0 heterocycles. The number of carbonyl (C=O) groups excluding carboxylic acids is 9. The van der Waals surface area contributed by atoms with Gasteiger partial charge in [-0.3, -0.25) is 43.2 Å². The van der Waals surface area contributed by atoms with Crippen LogP contribution in [0.25, 0.3) is 0 Å². The summed E-state index contributed by atoms with van der Waals surface area (Å²) in [5.41, 5.74) is -0.550. The molecular weight excluding hydrogens is 1200 g/mol. The largest absolute Gasteiger partial charge is 0.378 e. The van der Waals surface area contributed by atoms with Gasteiger partial charge in [0.15, 0.2) is 0 Å². The number of carbonyl (C=O) groups is 9. The Morgan fingerprint density at radius 1 is 0.284 bits per heavy atom. The van der Waals surface area contributed by atoms with E-state index in [-0.39, 0.29) is 140 Å². The first kappa shape index (κ1) is 90.0. The maximum Gasteiger partial charge on any atom is 0.243 e. The number of allylic oxidation sites excluding steroid dienone is 1. The lowest BCUT2D eigenvalue weighted by molar-refractivity contribution is -0.130. The molecule has 8 amide bonds. The molecule has 552 valence electrons. The summed E-state index contributed by atoms with van der Waals surface area (Å²) in [6, 6.07) is 0. The molecule has 0 spiro atoms. The number of nitrogens with one attached hydrogen (secondary N) is 8. The Labute approximate surface area is 576 Å². The third-order valence-electron chi connectivity index (χ3n) is 16.0. The van der Waals surface area contributed by atoms with Crippen molar-refractivity contribution in [2.24, 2.45) is 21.7 Å². The van der Waals surface area contributed by atoms with Crippen LogP contribution in [0.2, 0.25) is 0 Å². The van der Waals surface area contributed by atoms with Crippen molar-refractivity contribution in [3.63, 3.8) is 0 Å². The van der Waals surface area contributed by atoms with Crippen LogP contribution in [0.15, 0.2) is 12.2 Å². The van der Waals surface area contributed by atoms with E-state index in [0.717, 1.165) is 128 Å². The fourth-order valence-electron chi connectivity index (χ4n) is 10.2. The van der Waals surface area contributed by atoms with Crippen LogP contribution in [0.4, 0.5) is 0 Å². The van der Waals surface area contributed by atoms with Gasteiger partial charge in [0.2, 0.25) is 47.3 Å². The molecule has 0 aliphatic rings. The number of hydrogen-bond donors (Lipinski definition) is 8. The number of unbranched alkanes of at least 4 members (excludes halogenated alkanes) is 14. The SMILES string of the molecule is CC(C)(C)/C=C/C(=O)NCCCCCCNC(=O)CCCCCCCCCCC(=O)NC(COCCC(=O)NCCCCC(=O)CCCCC(C)(C)C)(COCCC(=O)NCCCNC(=O)CCCCC(C)(C)C)COCCC(=O)NCCCNC(=O)CCCCC(C)(C)C. The first-order valence-electron chi connectivity index (χ1n) is 37.0. The fraction of sp³-hybridized carbons (Fsp3) is 0.853. The Hall–Kier alpha value is -4.95. The van der Waals surface area contributed by atoms with E-state index in [1.54, 1.807) is 6.08 Å². The summed E-state index contributed by atoms with van der Waals surface area (Å²) in [5.74, 6) is -0.617. The Bertz CT molecular complexity index is 1970. The summed E-state index contributed by atoms with van der Waals surface area (Å²) in [7, 11) is 0. The Morgan fingerprint density at radius 3 is 0.895 bits per heavy atom. The van der Waals surface area contributed by atoms with Crippen molar-refractivity contribution in [3.8, 4) is 0 Å². The molecule has 0 rings (SSSR count). The molecule has 0 atom stereocenters. The molecule has 0 fully saturated rings. The Balaban J connectivity index is 5.55. The lowest BCUT2D eigenvalue weighted by Crippen LogP contribution is -2.58. The van der Waals surface area contributed by atoms with Crippen LogP contribution in [0.5, 0.6) is 0 Å². The zero-order valence-electron chi connectivity index (χ0n) is 62.3. The van der Waals surface area contributed by atoms with Gasteiger partial charge in [0.25, 0.3) is 0 Å². The highest BCUT2D eigenvalue weighted by Crippen LogP contribution is 2.24. The maximum absolute atomic E-state index is 13.9. The van der Waals surface area contributed by atoms with Gasteiger partial charge in [-0.1, -0.05) is 160 Å². The number of Topliss-reactive ketones (excluding diaryl/α,β-unsaturated/α-hetero) is 1. The van der Waals surface area contributed by atoms with Crippen LogP contribution in [-0.4, -0.2) is 144 Å². The van der Waals surface area contributed by atoms with Crippen LogP contribution < -0.4 is 42.5 Å². The number of ketones is 1. The van der Waals surface area contributed by atoms with Gasteiger partial charge in [0.05, 0.1) is 39.6 Å². The molecule has 0 aliphatic heterocycles. The van der Waals surface area contributed by atoms with Gasteiger partial charge in [-0.2, -0.15) is 0 Å². The minimum atomic E-state index is -1.25. The summed E-state index contributed by atoms with van der Waals surface area (Å²) < 4.78 is 18.4. The van der Waals surface area contributed by atoms with Crippen molar-refractivity contribution in [2.45, 2.75) is 307 Å². The molecule has 20 heteroatoms. The van der Waals surface area contributed by atoms with E-state index in [1.165, 1.54) is 0 Å². The number of hydrogen-bond acceptors (Lipinski definition) is 12. The molecule has 0 unspecified atom stereocenters. The molecule has 0 saturated heterocycles. The second kappa shape index (κ2) is 55.0. The molecule has 0 bridgehead atoms. The standard InChI is InChI=1S/C75H140N8O12/c1-71(2,3)45-27-23-35-62(84)36-26-32-51-78-67(89)42-56-93-59-75(60-94-57-43-68(90)81-54-33-52-79-64(86)38-24-28-46-72(4,5)6,61-95-58-44-69(91)82-55-34-53-80-65(87)39-25-29-47-73(7,8)9)83-70(92)40-22-18-16-14-13-15-17-21-37-63(85)76-49-30-19-20-31-50-77-66(88)41-48-74(10,11)12/h41,48H,13-40,42-47,49-61H2,1-12H3,(H,76,85)(H,77,88)(H,78,89)(H,79,86)(H,80,87)(H,81,90)(H,82,91)(H,83,92)/b48-41+. The van der Waals surface area contributed by atoms with E-state index < -0.39 is 5.54 Å². The fourth-order valence-corrected chi connectivity index (χ4v) is 10.2. The van der Waals surface area contributed by atoms with E-state index in [2.05, 4.69) is 126 Å².